The van der Waals surface area contributed by atoms with Gasteiger partial charge in [-0.1, -0.05) is 59.6 Å². The third kappa shape index (κ3) is 5.43. The summed E-state index contributed by atoms with van der Waals surface area (Å²) in [6, 6.07) is 24.3. The maximum absolute atomic E-state index is 13.6. The van der Waals surface area contributed by atoms with Gasteiger partial charge < -0.3 is 13.9 Å². The largest absolute Gasteiger partial charge is 0.496 e. The number of para-hydroxylation sites is 1. The molecule has 4 aromatic carbocycles. The van der Waals surface area contributed by atoms with Gasteiger partial charge in [0.2, 0.25) is 11.6 Å². The second-order valence-corrected chi connectivity index (χ2v) is 10.1. The van der Waals surface area contributed by atoms with Crippen LogP contribution in [-0.4, -0.2) is 27.9 Å². The number of nitro groups is 1. The van der Waals surface area contributed by atoms with Gasteiger partial charge in [-0.3, -0.25) is 14.9 Å². The van der Waals surface area contributed by atoms with Crippen LogP contribution in [0.2, 0.25) is 5.02 Å². The van der Waals surface area contributed by atoms with Crippen molar-refractivity contribution in [3.63, 3.8) is 0 Å². The SMILES string of the molecule is COc1cccc2oc(-c3nc4ccccc4c(=O)n3N=Cc3cc(Cl)c(OCc4ccc(C)cc4)c([N+](=O)[O-])c3)cc12. The molecule has 2 heterocycles. The molecule has 0 unspecified atom stereocenters. The molecule has 0 aliphatic carbocycles. The van der Waals surface area contributed by atoms with Crippen LogP contribution in [0.4, 0.5) is 5.69 Å². The number of ether oxygens (including phenoxy) is 2. The van der Waals surface area contributed by atoms with Gasteiger partial charge >= 0.3 is 5.69 Å². The van der Waals surface area contributed by atoms with E-state index in [0.29, 0.717) is 27.6 Å². The summed E-state index contributed by atoms with van der Waals surface area (Å²) in [6.07, 6.45) is 1.30. The molecule has 0 aliphatic heterocycles. The zero-order valence-corrected chi connectivity index (χ0v) is 23.7. The zero-order valence-electron chi connectivity index (χ0n) is 23.0. The predicted octanol–water partition coefficient (Wildman–Crippen LogP) is 7.15. The Kier molecular flexibility index (Phi) is 7.35. The van der Waals surface area contributed by atoms with E-state index >= 15 is 0 Å². The number of benzene rings is 4. The Hall–Kier alpha value is -5.48. The summed E-state index contributed by atoms with van der Waals surface area (Å²) < 4.78 is 18.3. The first-order valence-electron chi connectivity index (χ1n) is 13.1. The van der Waals surface area contributed by atoms with Crippen molar-refractivity contribution >= 4 is 45.4 Å². The molecule has 0 aliphatic rings. The van der Waals surface area contributed by atoms with Crippen molar-refractivity contribution in [1.29, 1.82) is 0 Å². The van der Waals surface area contributed by atoms with Crippen LogP contribution in [0.15, 0.2) is 99.2 Å². The minimum atomic E-state index is -0.579. The first-order chi connectivity index (χ1) is 20.8. The summed E-state index contributed by atoms with van der Waals surface area (Å²) in [5.41, 5.74) is 2.39. The van der Waals surface area contributed by atoms with Gasteiger partial charge in [0.05, 0.1) is 39.6 Å². The van der Waals surface area contributed by atoms with Crippen LogP contribution >= 0.6 is 11.6 Å². The quantitative estimate of drug-likeness (QED) is 0.104. The molecule has 214 valence electrons. The van der Waals surface area contributed by atoms with E-state index in [0.717, 1.165) is 15.8 Å². The van der Waals surface area contributed by atoms with Crippen molar-refractivity contribution in [3.05, 3.63) is 127 Å². The lowest BCUT2D eigenvalue weighted by Gasteiger charge is -2.10. The summed E-state index contributed by atoms with van der Waals surface area (Å²) in [4.78, 5) is 29.7. The van der Waals surface area contributed by atoms with Gasteiger partial charge in [-0.15, -0.1) is 0 Å². The van der Waals surface area contributed by atoms with E-state index in [1.54, 1.807) is 55.6 Å². The summed E-state index contributed by atoms with van der Waals surface area (Å²) in [5.74, 6) is 0.948. The average molecular weight is 595 g/mol. The number of methoxy groups -OCH3 is 1. The van der Waals surface area contributed by atoms with Crippen LogP contribution in [0, 0.1) is 17.0 Å². The molecule has 43 heavy (non-hydrogen) atoms. The number of furan rings is 1. The molecule has 2 aromatic heterocycles. The minimum Gasteiger partial charge on any atom is -0.496 e. The molecule has 0 saturated heterocycles. The lowest BCUT2D eigenvalue weighted by molar-refractivity contribution is -0.385. The van der Waals surface area contributed by atoms with Crippen LogP contribution in [0.5, 0.6) is 11.5 Å². The molecule has 0 saturated carbocycles. The van der Waals surface area contributed by atoms with E-state index in [1.807, 2.05) is 31.2 Å². The first-order valence-corrected chi connectivity index (χ1v) is 13.5. The number of aromatic nitrogens is 2. The lowest BCUT2D eigenvalue weighted by atomic mass is 10.1. The van der Waals surface area contributed by atoms with Crippen LogP contribution in [0.3, 0.4) is 0 Å². The van der Waals surface area contributed by atoms with E-state index < -0.39 is 10.5 Å². The Labute approximate surface area is 249 Å². The molecule has 0 amide bonds. The van der Waals surface area contributed by atoms with Gasteiger partial charge in [0.1, 0.15) is 17.9 Å². The number of rotatable bonds is 8. The number of nitrogens with zero attached hydrogens (tertiary/aromatic N) is 4. The number of hydrogen-bond acceptors (Lipinski definition) is 8. The molecule has 0 atom stereocenters. The zero-order chi connectivity index (χ0) is 30.1. The van der Waals surface area contributed by atoms with E-state index in [9.17, 15) is 14.9 Å². The topological polar surface area (TPSA) is 122 Å². The molecular weight excluding hydrogens is 572 g/mol. The normalized spacial score (nSPS) is 11.4. The summed E-state index contributed by atoms with van der Waals surface area (Å²) in [7, 11) is 1.55. The predicted molar refractivity (Wildman–Crippen MR) is 164 cm³/mol. The van der Waals surface area contributed by atoms with E-state index in [-0.39, 0.29) is 40.2 Å². The van der Waals surface area contributed by atoms with Gasteiger partial charge in [-0.05, 0) is 48.9 Å². The maximum atomic E-state index is 13.6. The minimum absolute atomic E-state index is 0.0244. The smallest absolute Gasteiger partial charge is 0.313 e. The molecule has 0 bridgehead atoms. The highest BCUT2D eigenvalue weighted by atomic mass is 35.5. The van der Waals surface area contributed by atoms with E-state index in [2.05, 4.69) is 10.1 Å². The van der Waals surface area contributed by atoms with Crippen LogP contribution in [0.25, 0.3) is 33.5 Å². The maximum Gasteiger partial charge on any atom is 0.313 e. The fraction of sp³-hybridized carbons (Fsp3) is 0.0938. The molecule has 10 nitrogen and oxygen atoms in total. The van der Waals surface area contributed by atoms with Crippen molar-refractivity contribution in [2.75, 3.05) is 7.11 Å². The highest BCUT2D eigenvalue weighted by Crippen LogP contribution is 2.37. The fourth-order valence-electron chi connectivity index (χ4n) is 4.63. The third-order valence-corrected chi connectivity index (χ3v) is 7.07. The van der Waals surface area contributed by atoms with Crippen LogP contribution in [-0.2, 0) is 6.61 Å². The Morgan fingerprint density at radius 1 is 1.05 bits per heavy atom. The highest BCUT2D eigenvalue weighted by Gasteiger charge is 2.22. The van der Waals surface area contributed by atoms with Crippen molar-refractivity contribution in [1.82, 2.24) is 9.66 Å². The average Bonchev–Trinajstić information content (AvgIpc) is 3.45. The Morgan fingerprint density at radius 2 is 1.84 bits per heavy atom. The third-order valence-electron chi connectivity index (χ3n) is 6.78. The first kappa shape index (κ1) is 27.7. The fourth-order valence-corrected chi connectivity index (χ4v) is 4.91. The molecule has 0 radical (unpaired) electrons. The highest BCUT2D eigenvalue weighted by molar-refractivity contribution is 6.32. The summed E-state index contributed by atoms with van der Waals surface area (Å²) in [5, 5.41) is 17.4. The van der Waals surface area contributed by atoms with Crippen molar-refractivity contribution < 1.29 is 18.8 Å². The Bertz CT molecular complexity index is 2100. The van der Waals surface area contributed by atoms with E-state index in [4.69, 9.17) is 25.5 Å². The molecule has 6 rings (SSSR count). The molecule has 6 aromatic rings. The number of halogens is 1. The number of hydrogen-bond donors (Lipinski definition) is 0. The number of aryl methyl sites for hydroxylation is 1. The number of fused-ring (bicyclic) bond motifs is 2. The molecular formula is C32H23ClN4O6. The second-order valence-electron chi connectivity index (χ2n) is 9.68. The van der Waals surface area contributed by atoms with Gasteiger partial charge in [0.25, 0.3) is 5.56 Å². The molecule has 0 fully saturated rings. The van der Waals surface area contributed by atoms with Crippen LogP contribution in [0.1, 0.15) is 16.7 Å². The monoisotopic (exact) mass is 594 g/mol. The molecule has 0 N–H and O–H groups in total. The molecule has 0 spiro atoms. The van der Waals surface area contributed by atoms with Gasteiger partial charge in [-0.2, -0.15) is 9.78 Å². The molecule has 11 heteroatoms. The summed E-state index contributed by atoms with van der Waals surface area (Å²) in [6.45, 7) is 2.06. The Morgan fingerprint density at radius 3 is 2.60 bits per heavy atom. The van der Waals surface area contributed by atoms with Crippen molar-refractivity contribution in [2.45, 2.75) is 13.5 Å². The standard InChI is InChI=1S/C32H23ClN4O6/c1-19-10-12-20(13-11-19)18-42-30-24(33)14-21(15-26(30)37(39)40)17-34-36-31(35-25-7-4-3-6-22(25)32(36)38)29-16-23-27(41-2)8-5-9-28(23)43-29/h3-17H,18H2,1-2H3. The van der Waals surface area contributed by atoms with E-state index in [1.165, 1.54) is 18.3 Å². The van der Waals surface area contributed by atoms with Crippen molar-refractivity contribution in [3.8, 4) is 23.1 Å². The summed E-state index contributed by atoms with van der Waals surface area (Å²) >= 11 is 6.46. The van der Waals surface area contributed by atoms with Gasteiger partial charge in [0.15, 0.2) is 5.76 Å². The number of nitro benzene ring substituents is 1. The lowest BCUT2D eigenvalue weighted by Crippen LogP contribution is -2.20. The van der Waals surface area contributed by atoms with Crippen LogP contribution < -0.4 is 15.0 Å². The van der Waals surface area contributed by atoms with Crippen molar-refractivity contribution in [2.24, 2.45) is 5.10 Å². The van der Waals surface area contributed by atoms with Gasteiger partial charge in [-0.25, -0.2) is 4.98 Å². The second kappa shape index (κ2) is 11.4. The Balaban J connectivity index is 1.42. The van der Waals surface area contributed by atoms with Gasteiger partial charge in [0, 0.05) is 11.6 Å².